The average molecular weight is 280 g/mol. The molecule has 1 unspecified atom stereocenters. The van der Waals surface area contributed by atoms with Crippen LogP contribution in [-0.4, -0.2) is 8.07 Å². The zero-order valence-corrected chi connectivity index (χ0v) is 13.8. The molecule has 0 heterocycles. The lowest BCUT2D eigenvalue weighted by Crippen LogP contribution is -2.17. The Morgan fingerprint density at radius 1 is 1.05 bits per heavy atom. The van der Waals surface area contributed by atoms with Crippen LogP contribution in [0.4, 0.5) is 0 Å². The van der Waals surface area contributed by atoms with Crippen molar-refractivity contribution in [3.8, 4) is 0 Å². The molecule has 0 fully saturated rings. The summed E-state index contributed by atoms with van der Waals surface area (Å²) in [4.78, 5) is 0. The highest BCUT2D eigenvalue weighted by atomic mass is 28.3. The van der Waals surface area contributed by atoms with Gasteiger partial charge in [0.15, 0.2) is 0 Å². The Labute approximate surface area is 123 Å². The van der Waals surface area contributed by atoms with E-state index in [1.165, 1.54) is 30.0 Å². The number of hydrogen-bond acceptors (Lipinski definition) is 0. The van der Waals surface area contributed by atoms with E-state index >= 15 is 0 Å². The third-order valence-corrected chi connectivity index (χ3v) is 5.39. The van der Waals surface area contributed by atoms with E-state index in [1.807, 2.05) is 0 Å². The van der Waals surface area contributed by atoms with Crippen molar-refractivity contribution in [2.75, 3.05) is 0 Å². The van der Waals surface area contributed by atoms with Gasteiger partial charge in [0, 0.05) is 5.92 Å². The summed E-state index contributed by atoms with van der Waals surface area (Å²) in [5.74, 6) is 0.634. The van der Waals surface area contributed by atoms with Gasteiger partial charge in [0.1, 0.15) is 0 Å². The first-order valence-corrected chi connectivity index (χ1v) is 11.3. The molecule has 2 aromatic carbocycles. The summed E-state index contributed by atoms with van der Waals surface area (Å²) in [6.45, 7) is 7.23. The van der Waals surface area contributed by atoms with Gasteiger partial charge < -0.3 is 0 Å². The summed E-state index contributed by atoms with van der Waals surface area (Å²) in [5, 5.41) is 2.78. The van der Waals surface area contributed by atoms with Gasteiger partial charge in [-0.1, -0.05) is 67.8 Å². The molecule has 0 saturated carbocycles. The maximum absolute atomic E-state index is 2.52. The van der Waals surface area contributed by atoms with Crippen LogP contribution in [0.2, 0.25) is 19.6 Å². The molecule has 0 aliphatic heterocycles. The fraction of sp³-hybridized carbons (Fsp3) is 0.368. The SMILES string of the molecule is C[Si](C)(C)/C=C/C1CCCc2cc3ccccc3cc21. The van der Waals surface area contributed by atoms with Crippen LogP contribution >= 0.6 is 0 Å². The highest BCUT2D eigenvalue weighted by molar-refractivity contribution is 6.80. The van der Waals surface area contributed by atoms with Gasteiger partial charge in [0.2, 0.25) is 0 Å². The Kier molecular flexibility index (Phi) is 3.55. The van der Waals surface area contributed by atoms with E-state index < -0.39 is 8.07 Å². The first kappa shape index (κ1) is 13.6. The lowest BCUT2D eigenvalue weighted by Gasteiger charge is -2.24. The van der Waals surface area contributed by atoms with Gasteiger partial charge >= 0.3 is 0 Å². The molecule has 20 heavy (non-hydrogen) atoms. The molecule has 0 bridgehead atoms. The van der Waals surface area contributed by atoms with Crippen LogP contribution < -0.4 is 0 Å². The first-order valence-electron chi connectivity index (χ1n) is 7.74. The molecule has 104 valence electrons. The molecule has 0 amide bonds. The normalized spacial score (nSPS) is 19.4. The summed E-state index contributed by atoms with van der Waals surface area (Å²) in [5.41, 5.74) is 5.66. The van der Waals surface area contributed by atoms with Crippen molar-refractivity contribution in [3.63, 3.8) is 0 Å². The molecule has 1 aliphatic carbocycles. The first-order chi connectivity index (χ1) is 9.53. The van der Waals surface area contributed by atoms with Gasteiger partial charge in [-0.15, -0.1) is 0 Å². The van der Waals surface area contributed by atoms with E-state index in [1.54, 1.807) is 11.1 Å². The third-order valence-electron chi connectivity index (χ3n) is 4.20. The minimum atomic E-state index is -1.10. The number of rotatable bonds is 2. The average Bonchev–Trinajstić information content (AvgIpc) is 2.42. The molecule has 0 aromatic heterocycles. The van der Waals surface area contributed by atoms with Crippen molar-refractivity contribution >= 4 is 18.8 Å². The van der Waals surface area contributed by atoms with E-state index in [2.05, 4.69) is 67.8 Å². The van der Waals surface area contributed by atoms with E-state index in [9.17, 15) is 0 Å². The number of allylic oxidation sites excluding steroid dienone is 1. The molecular formula is C19H24Si. The molecule has 0 N–H and O–H groups in total. The molecule has 0 nitrogen and oxygen atoms in total. The van der Waals surface area contributed by atoms with Crippen LogP contribution in [0.3, 0.4) is 0 Å². The Balaban J connectivity index is 2.03. The molecular weight excluding hydrogens is 256 g/mol. The van der Waals surface area contributed by atoms with Gasteiger partial charge in [0.25, 0.3) is 0 Å². The Morgan fingerprint density at radius 2 is 1.75 bits per heavy atom. The summed E-state index contributed by atoms with van der Waals surface area (Å²) < 4.78 is 0. The largest absolute Gasteiger partial charge is 0.0983 e. The molecule has 0 radical (unpaired) electrons. The smallest absolute Gasteiger partial charge is 0.0683 e. The summed E-state index contributed by atoms with van der Waals surface area (Å²) in [7, 11) is -1.10. The number of hydrogen-bond donors (Lipinski definition) is 0. The monoisotopic (exact) mass is 280 g/mol. The zero-order valence-electron chi connectivity index (χ0n) is 12.8. The molecule has 1 heteroatoms. The molecule has 1 atom stereocenters. The maximum atomic E-state index is 2.52. The fourth-order valence-electron chi connectivity index (χ4n) is 3.14. The molecule has 1 aliphatic rings. The van der Waals surface area contributed by atoms with Gasteiger partial charge in [0.05, 0.1) is 8.07 Å². The van der Waals surface area contributed by atoms with E-state index in [0.717, 1.165) is 0 Å². The number of aryl methyl sites for hydroxylation is 1. The van der Waals surface area contributed by atoms with Crippen molar-refractivity contribution in [3.05, 3.63) is 59.3 Å². The maximum Gasteiger partial charge on any atom is 0.0683 e. The van der Waals surface area contributed by atoms with Gasteiger partial charge in [-0.3, -0.25) is 0 Å². The highest BCUT2D eigenvalue weighted by Crippen LogP contribution is 2.35. The quantitative estimate of drug-likeness (QED) is 0.620. The Bertz CT molecular complexity index is 646. The van der Waals surface area contributed by atoms with E-state index in [-0.39, 0.29) is 0 Å². The minimum Gasteiger partial charge on any atom is -0.0983 e. The number of benzene rings is 2. The fourth-order valence-corrected chi connectivity index (χ4v) is 3.95. The van der Waals surface area contributed by atoms with Crippen molar-refractivity contribution in [1.29, 1.82) is 0 Å². The zero-order chi connectivity index (χ0) is 14.2. The second kappa shape index (κ2) is 5.21. The van der Waals surface area contributed by atoms with Crippen molar-refractivity contribution in [2.45, 2.75) is 44.8 Å². The molecule has 3 rings (SSSR count). The van der Waals surface area contributed by atoms with Gasteiger partial charge in [-0.2, -0.15) is 0 Å². The summed E-state index contributed by atoms with van der Waals surface area (Å²) in [6.07, 6.45) is 6.38. The predicted molar refractivity (Wildman–Crippen MR) is 92.1 cm³/mol. The van der Waals surface area contributed by atoms with Crippen LogP contribution in [0.1, 0.15) is 29.9 Å². The van der Waals surface area contributed by atoms with Crippen LogP contribution in [0, 0.1) is 0 Å². The van der Waals surface area contributed by atoms with Gasteiger partial charge in [-0.25, -0.2) is 0 Å². The van der Waals surface area contributed by atoms with E-state index in [4.69, 9.17) is 0 Å². The second-order valence-corrected chi connectivity index (χ2v) is 12.2. The van der Waals surface area contributed by atoms with E-state index in [0.29, 0.717) is 5.92 Å². The van der Waals surface area contributed by atoms with Crippen LogP contribution in [-0.2, 0) is 6.42 Å². The van der Waals surface area contributed by atoms with Crippen LogP contribution in [0.25, 0.3) is 10.8 Å². The van der Waals surface area contributed by atoms with Crippen molar-refractivity contribution in [1.82, 2.24) is 0 Å². The summed E-state index contributed by atoms with van der Waals surface area (Å²) in [6, 6.07) is 13.6. The summed E-state index contributed by atoms with van der Waals surface area (Å²) >= 11 is 0. The lowest BCUT2D eigenvalue weighted by atomic mass is 9.81. The predicted octanol–water partition coefficient (Wildman–Crippen LogP) is 5.69. The van der Waals surface area contributed by atoms with Crippen LogP contribution in [0.5, 0.6) is 0 Å². The van der Waals surface area contributed by atoms with Crippen molar-refractivity contribution in [2.24, 2.45) is 0 Å². The third kappa shape index (κ3) is 2.88. The molecule has 0 saturated heterocycles. The number of fused-ring (bicyclic) bond motifs is 2. The second-order valence-electron chi connectivity index (χ2n) is 7.12. The van der Waals surface area contributed by atoms with Crippen LogP contribution in [0.15, 0.2) is 48.2 Å². The van der Waals surface area contributed by atoms with Gasteiger partial charge in [-0.05, 0) is 41.2 Å². The Hall–Kier alpha value is -1.34. The Morgan fingerprint density at radius 3 is 2.45 bits per heavy atom. The standard InChI is InChI=1S/C19H24Si/c1-20(2,3)12-11-15-9-6-10-18-13-16-7-4-5-8-17(16)14-19(15)18/h4-5,7-8,11-15H,6,9-10H2,1-3H3/b12-11+. The molecule has 0 spiro atoms. The lowest BCUT2D eigenvalue weighted by molar-refractivity contribution is 0.630. The van der Waals surface area contributed by atoms with Crippen molar-refractivity contribution < 1.29 is 0 Å². The topological polar surface area (TPSA) is 0 Å². The highest BCUT2D eigenvalue weighted by Gasteiger charge is 2.19. The minimum absolute atomic E-state index is 0.634. The molecule has 2 aromatic rings.